The predicted molar refractivity (Wildman–Crippen MR) is 149 cm³/mol. The smallest absolute Gasteiger partial charge is 0.162 e. The highest BCUT2D eigenvalue weighted by molar-refractivity contribution is 5.44. The molecule has 0 aliphatic heterocycles. The molecule has 0 bridgehead atoms. The van der Waals surface area contributed by atoms with Crippen molar-refractivity contribution in [3.8, 4) is 23.0 Å². The maximum Gasteiger partial charge on any atom is 0.162 e. The van der Waals surface area contributed by atoms with E-state index in [4.69, 9.17) is 18.9 Å². The van der Waals surface area contributed by atoms with E-state index in [1.165, 1.54) is 0 Å². The van der Waals surface area contributed by atoms with Gasteiger partial charge in [-0.15, -0.1) is 0 Å². The van der Waals surface area contributed by atoms with E-state index in [0.717, 1.165) is 28.7 Å². The third kappa shape index (κ3) is 7.75. The Bertz CT molecular complexity index is 1260. The molecule has 0 aliphatic rings. The molecular formula is C32H35NO5. The molecule has 0 fully saturated rings. The Labute approximate surface area is 224 Å². The Kier molecular flexibility index (Phi) is 10.0. The molecule has 6 nitrogen and oxygen atoms in total. The normalized spacial score (nSPS) is 11.6. The molecule has 0 aromatic heterocycles. The Morgan fingerprint density at radius 2 is 1.24 bits per heavy atom. The minimum atomic E-state index is -0.692. The van der Waals surface area contributed by atoms with Crippen molar-refractivity contribution in [3.63, 3.8) is 0 Å². The van der Waals surface area contributed by atoms with Crippen LogP contribution in [0.15, 0.2) is 97.1 Å². The van der Waals surface area contributed by atoms with Crippen LogP contribution in [0.25, 0.3) is 0 Å². The van der Waals surface area contributed by atoms with Crippen molar-refractivity contribution in [2.45, 2.75) is 25.7 Å². The lowest BCUT2D eigenvalue weighted by molar-refractivity contribution is 0.174. The van der Waals surface area contributed by atoms with Crippen LogP contribution in [-0.4, -0.2) is 32.4 Å². The second kappa shape index (κ2) is 14.1. The number of benzene rings is 4. The topological polar surface area (TPSA) is 69.2 Å². The maximum absolute atomic E-state index is 10.9. The van der Waals surface area contributed by atoms with Gasteiger partial charge in [-0.05, 0) is 59.5 Å². The van der Waals surface area contributed by atoms with Crippen LogP contribution in [0.4, 0.5) is 0 Å². The van der Waals surface area contributed by atoms with Crippen LogP contribution in [0, 0.1) is 0 Å². The van der Waals surface area contributed by atoms with Gasteiger partial charge in [-0.25, -0.2) is 0 Å². The zero-order valence-electron chi connectivity index (χ0n) is 21.9. The van der Waals surface area contributed by atoms with Crippen molar-refractivity contribution in [3.05, 3.63) is 119 Å². The predicted octanol–water partition coefficient (Wildman–Crippen LogP) is 5.73. The molecule has 0 saturated carbocycles. The zero-order valence-corrected chi connectivity index (χ0v) is 21.9. The summed E-state index contributed by atoms with van der Waals surface area (Å²) < 4.78 is 22.9. The summed E-state index contributed by atoms with van der Waals surface area (Å²) in [7, 11) is 3.26. The van der Waals surface area contributed by atoms with Crippen LogP contribution in [0.5, 0.6) is 23.0 Å². The van der Waals surface area contributed by atoms with E-state index in [9.17, 15) is 5.11 Å². The highest BCUT2D eigenvalue weighted by atomic mass is 16.5. The van der Waals surface area contributed by atoms with Gasteiger partial charge in [0.15, 0.2) is 23.0 Å². The lowest BCUT2D eigenvalue weighted by atomic mass is 10.1. The molecule has 0 spiro atoms. The number of hydrogen-bond donors (Lipinski definition) is 2. The van der Waals surface area contributed by atoms with E-state index in [0.29, 0.717) is 49.3 Å². The standard InChI is InChI=1S/C32H35NO5/c1-35-29-15-13-24(19-31(29)36-2)17-18-33-21-28(34)27-14-16-30(37-22-25-9-5-3-6-10-25)32(20-27)38-23-26-11-7-4-8-12-26/h3-16,19-20,28,33-34H,17-18,21-23H2,1-2H3. The SMILES string of the molecule is COc1ccc(CCNCC(O)c2ccc(OCc3ccccc3)c(OCc3ccccc3)c2)cc1OC. The molecule has 1 atom stereocenters. The summed E-state index contributed by atoms with van der Waals surface area (Å²) in [5.41, 5.74) is 4.02. The second-order valence-corrected chi connectivity index (χ2v) is 8.91. The summed E-state index contributed by atoms with van der Waals surface area (Å²) in [6, 6.07) is 31.5. The second-order valence-electron chi connectivity index (χ2n) is 8.91. The monoisotopic (exact) mass is 513 g/mol. The molecule has 4 rings (SSSR count). The number of ether oxygens (including phenoxy) is 4. The molecule has 2 N–H and O–H groups in total. The van der Waals surface area contributed by atoms with Crippen molar-refractivity contribution in [1.29, 1.82) is 0 Å². The quantitative estimate of drug-likeness (QED) is 0.210. The van der Waals surface area contributed by atoms with E-state index in [2.05, 4.69) is 5.32 Å². The summed E-state index contributed by atoms with van der Waals surface area (Å²) in [5.74, 6) is 2.66. The van der Waals surface area contributed by atoms with Crippen molar-refractivity contribution in [2.24, 2.45) is 0 Å². The van der Waals surface area contributed by atoms with Crippen LogP contribution in [0.1, 0.15) is 28.4 Å². The van der Waals surface area contributed by atoms with Gasteiger partial charge >= 0.3 is 0 Å². The molecule has 6 heteroatoms. The lowest BCUT2D eigenvalue weighted by Crippen LogP contribution is -2.23. The highest BCUT2D eigenvalue weighted by Crippen LogP contribution is 2.32. The molecule has 198 valence electrons. The Hall–Kier alpha value is -4.00. The van der Waals surface area contributed by atoms with Crippen LogP contribution in [-0.2, 0) is 19.6 Å². The van der Waals surface area contributed by atoms with Gasteiger partial charge in [0.2, 0.25) is 0 Å². The van der Waals surface area contributed by atoms with Gasteiger partial charge in [-0.1, -0.05) is 72.8 Å². The summed E-state index contributed by atoms with van der Waals surface area (Å²) in [5, 5.41) is 14.2. The molecule has 1 unspecified atom stereocenters. The molecule has 4 aromatic rings. The largest absolute Gasteiger partial charge is 0.493 e. The van der Waals surface area contributed by atoms with Crippen molar-refractivity contribution >= 4 is 0 Å². The van der Waals surface area contributed by atoms with Crippen LogP contribution < -0.4 is 24.3 Å². The fourth-order valence-corrected chi connectivity index (χ4v) is 4.06. The van der Waals surface area contributed by atoms with Gasteiger partial charge in [-0.3, -0.25) is 0 Å². The molecule has 0 heterocycles. The molecular weight excluding hydrogens is 478 g/mol. The third-order valence-electron chi connectivity index (χ3n) is 6.20. The van der Waals surface area contributed by atoms with E-state index in [1.807, 2.05) is 97.1 Å². The van der Waals surface area contributed by atoms with E-state index >= 15 is 0 Å². The number of aliphatic hydroxyl groups is 1. The molecule has 38 heavy (non-hydrogen) atoms. The van der Waals surface area contributed by atoms with Crippen LogP contribution >= 0.6 is 0 Å². The number of rotatable bonds is 14. The summed E-state index contributed by atoms with van der Waals surface area (Å²) in [6.45, 7) is 1.96. The Morgan fingerprint density at radius 3 is 1.87 bits per heavy atom. The van der Waals surface area contributed by atoms with Gasteiger partial charge in [0, 0.05) is 6.54 Å². The van der Waals surface area contributed by atoms with Gasteiger partial charge in [-0.2, -0.15) is 0 Å². The third-order valence-corrected chi connectivity index (χ3v) is 6.20. The molecule has 0 radical (unpaired) electrons. The first kappa shape index (κ1) is 27.0. The van der Waals surface area contributed by atoms with E-state index in [-0.39, 0.29) is 0 Å². The maximum atomic E-state index is 10.9. The first-order valence-electron chi connectivity index (χ1n) is 12.7. The molecule has 0 saturated heterocycles. The zero-order chi connectivity index (χ0) is 26.6. The number of methoxy groups -OCH3 is 2. The average molecular weight is 514 g/mol. The molecule has 0 amide bonds. The van der Waals surface area contributed by atoms with Gasteiger partial charge < -0.3 is 29.4 Å². The first-order valence-corrected chi connectivity index (χ1v) is 12.7. The lowest BCUT2D eigenvalue weighted by Gasteiger charge is -2.17. The number of nitrogens with one attached hydrogen (secondary N) is 1. The Balaban J connectivity index is 1.37. The number of aliphatic hydroxyl groups excluding tert-OH is 1. The van der Waals surface area contributed by atoms with Gasteiger partial charge in [0.25, 0.3) is 0 Å². The van der Waals surface area contributed by atoms with Gasteiger partial charge in [0.1, 0.15) is 13.2 Å². The average Bonchev–Trinajstić information content (AvgIpc) is 2.98. The molecule has 0 aliphatic carbocycles. The Morgan fingerprint density at radius 1 is 0.632 bits per heavy atom. The summed E-state index contributed by atoms with van der Waals surface area (Å²) in [4.78, 5) is 0. The van der Waals surface area contributed by atoms with Gasteiger partial charge in [0.05, 0.1) is 20.3 Å². The van der Waals surface area contributed by atoms with E-state index < -0.39 is 6.10 Å². The van der Waals surface area contributed by atoms with Crippen molar-refractivity contribution in [1.82, 2.24) is 5.32 Å². The first-order chi connectivity index (χ1) is 18.7. The summed E-state index contributed by atoms with van der Waals surface area (Å²) >= 11 is 0. The number of hydrogen-bond acceptors (Lipinski definition) is 6. The molecule has 4 aromatic carbocycles. The van der Waals surface area contributed by atoms with Crippen molar-refractivity contribution in [2.75, 3.05) is 27.3 Å². The fraction of sp³-hybridized carbons (Fsp3) is 0.250. The fourth-order valence-electron chi connectivity index (χ4n) is 4.06. The van der Waals surface area contributed by atoms with E-state index in [1.54, 1.807) is 14.2 Å². The van der Waals surface area contributed by atoms with Crippen molar-refractivity contribution < 1.29 is 24.1 Å². The highest BCUT2D eigenvalue weighted by Gasteiger charge is 2.14. The minimum absolute atomic E-state index is 0.408. The minimum Gasteiger partial charge on any atom is -0.493 e. The summed E-state index contributed by atoms with van der Waals surface area (Å²) in [6.07, 6.45) is 0.104. The van der Waals surface area contributed by atoms with Crippen LogP contribution in [0.3, 0.4) is 0 Å². The van der Waals surface area contributed by atoms with Crippen LogP contribution in [0.2, 0.25) is 0 Å².